The molecule has 19 heavy (non-hydrogen) atoms. The van der Waals surface area contributed by atoms with Crippen LogP contribution in [0.15, 0.2) is 48.8 Å². The van der Waals surface area contributed by atoms with Crippen molar-refractivity contribution in [3.05, 3.63) is 58.2 Å². The number of nitrogens with one attached hydrogen (secondary N) is 1. The molecule has 3 nitrogen and oxygen atoms in total. The molecule has 0 fully saturated rings. The number of anilines is 2. The summed E-state index contributed by atoms with van der Waals surface area (Å²) in [5, 5.41) is 4.02. The quantitative estimate of drug-likeness (QED) is 0.695. The van der Waals surface area contributed by atoms with Crippen LogP contribution in [0.1, 0.15) is 0 Å². The van der Waals surface area contributed by atoms with E-state index in [1.807, 2.05) is 52.9 Å². The number of hydrogen-bond acceptors (Lipinski definition) is 3. The summed E-state index contributed by atoms with van der Waals surface area (Å²) in [4.78, 5) is 8.32. The Bertz CT molecular complexity index is 731. The van der Waals surface area contributed by atoms with Crippen molar-refractivity contribution < 1.29 is 4.39 Å². The smallest absolute Gasteiger partial charge is 0.141 e. The molecule has 3 rings (SSSR count). The SMILES string of the molecule is Fc1cc2ncnc(Nc3ccccc3)c2cc1I. The molecule has 0 saturated carbocycles. The molecule has 0 atom stereocenters. The van der Waals surface area contributed by atoms with Gasteiger partial charge in [0, 0.05) is 20.7 Å². The van der Waals surface area contributed by atoms with E-state index in [0.717, 1.165) is 11.1 Å². The fourth-order valence-electron chi connectivity index (χ4n) is 1.81. The molecule has 0 aliphatic rings. The number of fused-ring (bicyclic) bond motifs is 1. The van der Waals surface area contributed by atoms with Crippen LogP contribution in [0.25, 0.3) is 10.9 Å². The Morgan fingerprint density at radius 3 is 2.63 bits per heavy atom. The van der Waals surface area contributed by atoms with E-state index >= 15 is 0 Å². The first kappa shape index (κ1) is 12.3. The van der Waals surface area contributed by atoms with Gasteiger partial charge in [-0.05, 0) is 40.8 Å². The average Bonchev–Trinajstić information content (AvgIpc) is 2.42. The van der Waals surface area contributed by atoms with Gasteiger partial charge >= 0.3 is 0 Å². The monoisotopic (exact) mass is 365 g/mol. The normalized spacial score (nSPS) is 10.6. The van der Waals surface area contributed by atoms with Crippen LogP contribution in [0.2, 0.25) is 0 Å². The number of nitrogens with zero attached hydrogens (tertiary/aromatic N) is 2. The van der Waals surface area contributed by atoms with Gasteiger partial charge in [-0.25, -0.2) is 14.4 Å². The molecule has 1 N–H and O–H groups in total. The number of benzene rings is 2. The summed E-state index contributed by atoms with van der Waals surface area (Å²) in [6.45, 7) is 0. The second-order valence-electron chi connectivity index (χ2n) is 4.00. The molecule has 3 aromatic rings. The zero-order chi connectivity index (χ0) is 13.2. The van der Waals surface area contributed by atoms with E-state index < -0.39 is 0 Å². The van der Waals surface area contributed by atoms with E-state index in [-0.39, 0.29) is 5.82 Å². The molecule has 0 saturated heterocycles. The van der Waals surface area contributed by atoms with E-state index in [2.05, 4.69) is 15.3 Å². The van der Waals surface area contributed by atoms with Crippen LogP contribution in [0.5, 0.6) is 0 Å². The minimum absolute atomic E-state index is 0.266. The fraction of sp³-hybridized carbons (Fsp3) is 0. The van der Waals surface area contributed by atoms with Crippen LogP contribution in [0.4, 0.5) is 15.9 Å². The minimum atomic E-state index is -0.266. The maximum atomic E-state index is 13.5. The molecule has 2 aromatic carbocycles. The summed E-state index contributed by atoms with van der Waals surface area (Å²) in [6.07, 6.45) is 1.43. The molecule has 0 bridgehead atoms. The highest BCUT2D eigenvalue weighted by molar-refractivity contribution is 14.1. The molecule has 1 aromatic heterocycles. The van der Waals surface area contributed by atoms with Crippen LogP contribution >= 0.6 is 22.6 Å². The average molecular weight is 365 g/mol. The highest BCUT2D eigenvalue weighted by Gasteiger charge is 2.08. The number of para-hydroxylation sites is 1. The van der Waals surface area contributed by atoms with Gasteiger partial charge in [0.15, 0.2) is 0 Å². The van der Waals surface area contributed by atoms with Gasteiger partial charge in [0.25, 0.3) is 0 Å². The lowest BCUT2D eigenvalue weighted by molar-refractivity contribution is 0.622. The van der Waals surface area contributed by atoms with E-state index in [0.29, 0.717) is 14.9 Å². The summed E-state index contributed by atoms with van der Waals surface area (Å²) < 4.78 is 14.1. The third kappa shape index (κ3) is 2.51. The van der Waals surface area contributed by atoms with E-state index in [4.69, 9.17) is 0 Å². The Hall–Kier alpha value is -1.76. The zero-order valence-electron chi connectivity index (χ0n) is 9.77. The third-order valence-electron chi connectivity index (χ3n) is 2.71. The molecule has 0 aliphatic heterocycles. The lowest BCUT2D eigenvalue weighted by Gasteiger charge is -2.08. The van der Waals surface area contributed by atoms with Crippen LogP contribution in [-0.2, 0) is 0 Å². The number of aromatic nitrogens is 2. The van der Waals surface area contributed by atoms with Crippen LogP contribution < -0.4 is 5.32 Å². The molecule has 0 aliphatic carbocycles. The highest BCUT2D eigenvalue weighted by atomic mass is 127. The maximum Gasteiger partial charge on any atom is 0.141 e. The third-order valence-corrected chi connectivity index (χ3v) is 3.54. The number of halogens is 2. The summed E-state index contributed by atoms with van der Waals surface area (Å²) in [6, 6.07) is 12.9. The molecule has 0 radical (unpaired) electrons. The van der Waals surface area contributed by atoms with Gasteiger partial charge in [0.2, 0.25) is 0 Å². The molecule has 5 heteroatoms. The molecule has 0 spiro atoms. The maximum absolute atomic E-state index is 13.5. The second kappa shape index (κ2) is 5.08. The van der Waals surface area contributed by atoms with Crippen molar-refractivity contribution in [2.45, 2.75) is 0 Å². The largest absolute Gasteiger partial charge is 0.340 e. The molecule has 94 valence electrons. The standard InChI is InChI=1S/C14H9FIN3/c15-11-7-13-10(6-12(11)16)14(18-8-17-13)19-9-4-2-1-3-5-9/h1-8H,(H,17,18,19). The Kier molecular flexibility index (Phi) is 3.29. The van der Waals surface area contributed by atoms with Crippen molar-refractivity contribution in [1.82, 2.24) is 9.97 Å². The van der Waals surface area contributed by atoms with Crippen molar-refractivity contribution in [3.8, 4) is 0 Å². The van der Waals surface area contributed by atoms with Gasteiger partial charge in [-0.15, -0.1) is 0 Å². The summed E-state index contributed by atoms with van der Waals surface area (Å²) in [5.41, 5.74) is 1.52. The van der Waals surface area contributed by atoms with Gasteiger partial charge in [-0.3, -0.25) is 0 Å². The predicted octanol–water partition coefficient (Wildman–Crippen LogP) is 4.12. The fourth-order valence-corrected chi connectivity index (χ4v) is 2.28. The lowest BCUT2D eigenvalue weighted by Crippen LogP contribution is -1.97. The van der Waals surface area contributed by atoms with Gasteiger partial charge in [-0.1, -0.05) is 18.2 Å². The molecule has 0 amide bonds. The van der Waals surface area contributed by atoms with Gasteiger partial charge < -0.3 is 5.32 Å². The molecule has 0 unspecified atom stereocenters. The van der Waals surface area contributed by atoms with Crippen LogP contribution in [0, 0.1) is 9.39 Å². The van der Waals surface area contributed by atoms with Crippen LogP contribution in [-0.4, -0.2) is 9.97 Å². The van der Waals surface area contributed by atoms with Gasteiger partial charge in [0.1, 0.15) is 18.0 Å². The highest BCUT2D eigenvalue weighted by Crippen LogP contribution is 2.26. The molecule has 1 heterocycles. The first-order valence-corrected chi connectivity index (χ1v) is 6.74. The second-order valence-corrected chi connectivity index (χ2v) is 5.16. The van der Waals surface area contributed by atoms with Gasteiger partial charge in [-0.2, -0.15) is 0 Å². The lowest BCUT2D eigenvalue weighted by atomic mass is 10.2. The van der Waals surface area contributed by atoms with E-state index in [1.165, 1.54) is 12.4 Å². The Morgan fingerprint density at radius 2 is 1.84 bits per heavy atom. The summed E-state index contributed by atoms with van der Waals surface area (Å²) in [5.74, 6) is 0.409. The Balaban J connectivity index is 2.11. The van der Waals surface area contributed by atoms with E-state index in [9.17, 15) is 4.39 Å². The number of rotatable bonds is 2. The van der Waals surface area contributed by atoms with Gasteiger partial charge in [0.05, 0.1) is 5.52 Å². The van der Waals surface area contributed by atoms with Crippen molar-refractivity contribution in [2.75, 3.05) is 5.32 Å². The van der Waals surface area contributed by atoms with Crippen molar-refractivity contribution in [3.63, 3.8) is 0 Å². The number of hydrogen-bond donors (Lipinski definition) is 1. The first-order valence-electron chi connectivity index (χ1n) is 5.66. The van der Waals surface area contributed by atoms with Crippen molar-refractivity contribution in [2.24, 2.45) is 0 Å². The summed E-state index contributed by atoms with van der Waals surface area (Å²) >= 11 is 1.96. The Labute approximate surface area is 123 Å². The molecular weight excluding hydrogens is 356 g/mol. The molecular formula is C14H9FIN3. The zero-order valence-corrected chi connectivity index (χ0v) is 11.9. The topological polar surface area (TPSA) is 37.8 Å². The first-order chi connectivity index (χ1) is 9.24. The predicted molar refractivity (Wildman–Crippen MR) is 81.9 cm³/mol. The minimum Gasteiger partial charge on any atom is -0.340 e. The van der Waals surface area contributed by atoms with Crippen LogP contribution in [0.3, 0.4) is 0 Å². The van der Waals surface area contributed by atoms with E-state index in [1.54, 1.807) is 6.07 Å². The van der Waals surface area contributed by atoms with Crippen molar-refractivity contribution in [1.29, 1.82) is 0 Å². The van der Waals surface area contributed by atoms with Crippen molar-refractivity contribution >= 4 is 45.0 Å². The summed E-state index contributed by atoms with van der Waals surface area (Å²) in [7, 11) is 0. The Morgan fingerprint density at radius 1 is 1.05 bits per heavy atom.